The van der Waals surface area contributed by atoms with E-state index in [1.54, 1.807) is 0 Å². The Morgan fingerprint density at radius 2 is 2.17 bits per heavy atom. The van der Waals surface area contributed by atoms with Crippen LogP contribution in [0.4, 0.5) is 0 Å². The second kappa shape index (κ2) is 4.30. The van der Waals surface area contributed by atoms with E-state index in [0.717, 1.165) is 6.42 Å². The lowest BCUT2D eigenvalue weighted by Crippen LogP contribution is -1.95. The van der Waals surface area contributed by atoms with Crippen molar-refractivity contribution in [1.29, 1.82) is 0 Å². The molecule has 0 aromatic heterocycles. The number of hydrogen-bond acceptors (Lipinski definition) is 0. The number of allylic oxidation sites excluding steroid dienone is 4. The van der Waals surface area contributed by atoms with Crippen LogP contribution in [0.1, 0.15) is 39.0 Å². The monoisotopic (exact) mass is 162 g/mol. The third-order valence-electron chi connectivity index (χ3n) is 2.26. The quantitative estimate of drug-likeness (QED) is 0.550. The van der Waals surface area contributed by atoms with Crippen LogP contribution < -0.4 is 0 Å². The molecule has 1 aliphatic carbocycles. The largest absolute Gasteiger partial charge is 0.0998 e. The first kappa shape index (κ1) is 9.31. The Hall–Kier alpha value is -0.780. The summed E-state index contributed by atoms with van der Waals surface area (Å²) >= 11 is 0. The van der Waals surface area contributed by atoms with E-state index in [2.05, 4.69) is 26.2 Å². The summed E-state index contributed by atoms with van der Waals surface area (Å²) in [5.74, 6) is 0. The zero-order valence-electron chi connectivity index (χ0n) is 8.03. The maximum Gasteiger partial charge on any atom is -0.00758 e. The average Bonchev–Trinajstić information content (AvgIpc) is 2.05. The molecule has 0 N–H and O–H groups in total. The highest BCUT2D eigenvalue weighted by Gasteiger charge is 2.06. The number of rotatable bonds is 3. The molecule has 0 fully saturated rings. The minimum Gasteiger partial charge on any atom is -0.0998 e. The van der Waals surface area contributed by atoms with Crippen molar-refractivity contribution in [3.05, 3.63) is 36.0 Å². The van der Waals surface area contributed by atoms with Crippen LogP contribution in [0, 0.1) is 0 Å². The van der Waals surface area contributed by atoms with E-state index in [9.17, 15) is 0 Å². The standard InChI is InChI=1S/C12H18/c1-10(2)9-11(3)12-7-5-4-6-8-12/h7H,1,3-6,8-9H2,2H3. The summed E-state index contributed by atoms with van der Waals surface area (Å²) < 4.78 is 0. The molecule has 0 aliphatic heterocycles. The minimum atomic E-state index is 0.978. The lowest BCUT2D eigenvalue weighted by Gasteiger charge is -2.14. The van der Waals surface area contributed by atoms with Crippen LogP contribution in [-0.2, 0) is 0 Å². The van der Waals surface area contributed by atoms with Gasteiger partial charge in [0.1, 0.15) is 0 Å². The van der Waals surface area contributed by atoms with Gasteiger partial charge in [-0.3, -0.25) is 0 Å². The van der Waals surface area contributed by atoms with E-state index in [1.807, 2.05) is 0 Å². The number of hydrogen-bond donors (Lipinski definition) is 0. The van der Waals surface area contributed by atoms with Gasteiger partial charge in [-0.05, 0) is 50.2 Å². The first-order valence-corrected chi connectivity index (χ1v) is 4.71. The Kier molecular flexibility index (Phi) is 3.33. The lowest BCUT2D eigenvalue weighted by molar-refractivity contribution is 0.703. The summed E-state index contributed by atoms with van der Waals surface area (Å²) in [5.41, 5.74) is 3.97. The van der Waals surface area contributed by atoms with Gasteiger partial charge in [0.15, 0.2) is 0 Å². The summed E-state index contributed by atoms with van der Waals surface area (Å²) in [6.45, 7) is 10.1. The van der Waals surface area contributed by atoms with Crippen LogP contribution in [-0.4, -0.2) is 0 Å². The van der Waals surface area contributed by atoms with E-state index in [0.29, 0.717) is 0 Å². The zero-order chi connectivity index (χ0) is 8.97. The minimum absolute atomic E-state index is 0.978. The predicted molar refractivity (Wildman–Crippen MR) is 55.1 cm³/mol. The molecule has 1 rings (SSSR count). The highest BCUT2D eigenvalue weighted by atomic mass is 14.1. The summed E-state index contributed by atoms with van der Waals surface area (Å²) in [6, 6.07) is 0. The summed E-state index contributed by atoms with van der Waals surface area (Å²) in [4.78, 5) is 0. The molecule has 0 saturated heterocycles. The summed E-state index contributed by atoms with van der Waals surface area (Å²) in [7, 11) is 0. The third kappa shape index (κ3) is 2.69. The lowest BCUT2D eigenvalue weighted by atomic mass is 9.91. The smallest absolute Gasteiger partial charge is 0.00758 e. The second-order valence-electron chi connectivity index (χ2n) is 3.71. The molecule has 0 bridgehead atoms. The molecule has 0 nitrogen and oxygen atoms in total. The van der Waals surface area contributed by atoms with Gasteiger partial charge in [0.2, 0.25) is 0 Å². The molecule has 1 aliphatic rings. The van der Waals surface area contributed by atoms with Gasteiger partial charge in [-0.25, -0.2) is 0 Å². The van der Waals surface area contributed by atoms with Crippen molar-refractivity contribution in [2.45, 2.75) is 39.0 Å². The highest BCUT2D eigenvalue weighted by molar-refractivity contribution is 5.32. The van der Waals surface area contributed by atoms with Crippen LogP contribution >= 0.6 is 0 Å². The van der Waals surface area contributed by atoms with Crippen LogP contribution in [0.3, 0.4) is 0 Å². The van der Waals surface area contributed by atoms with Gasteiger partial charge in [0.25, 0.3) is 0 Å². The Balaban J connectivity index is 2.51. The SMILES string of the molecule is C=C(C)CC(=C)C1=CCCCC1. The summed E-state index contributed by atoms with van der Waals surface area (Å²) in [5, 5.41) is 0. The fourth-order valence-electron chi connectivity index (χ4n) is 1.64. The fraction of sp³-hybridized carbons (Fsp3) is 0.500. The molecule has 0 aromatic carbocycles. The zero-order valence-corrected chi connectivity index (χ0v) is 8.03. The molecule has 0 unspecified atom stereocenters. The molecule has 0 heteroatoms. The molecule has 0 saturated carbocycles. The van der Waals surface area contributed by atoms with E-state index in [-0.39, 0.29) is 0 Å². The van der Waals surface area contributed by atoms with Gasteiger partial charge >= 0.3 is 0 Å². The topological polar surface area (TPSA) is 0 Å². The molecule has 66 valence electrons. The maximum absolute atomic E-state index is 4.09. The van der Waals surface area contributed by atoms with Gasteiger partial charge in [0, 0.05) is 0 Å². The van der Waals surface area contributed by atoms with Gasteiger partial charge in [-0.15, -0.1) is 0 Å². The molecular weight excluding hydrogens is 144 g/mol. The molecule has 0 aromatic rings. The molecular formula is C12H18. The van der Waals surface area contributed by atoms with Gasteiger partial charge in [-0.2, -0.15) is 0 Å². The second-order valence-corrected chi connectivity index (χ2v) is 3.71. The van der Waals surface area contributed by atoms with Crippen molar-refractivity contribution in [3.8, 4) is 0 Å². The third-order valence-corrected chi connectivity index (χ3v) is 2.26. The van der Waals surface area contributed by atoms with Crippen LogP contribution in [0.15, 0.2) is 36.0 Å². The average molecular weight is 162 g/mol. The van der Waals surface area contributed by atoms with Crippen LogP contribution in [0.25, 0.3) is 0 Å². The van der Waals surface area contributed by atoms with Crippen molar-refractivity contribution in [2.75, 3.05) is 0 Å². The van der Waals surface area contributed by atoms with E-state index in [1.165, 1.54) is 42.4 Å². The van der Waals surface area contributed by atoms with Gasteiger partial charge < -0.3 is 0 Å². The van der Waals surface area contributed by atoms with Crippen molar-refractivity contribution in [1.82, 2.24) is 0 Å². The first-order chi connectivity index (χ1) is 5.70. The van der Waals surface area contributed by atoms with E-state index >= 15 is 0 Å². The van der Waals surface area contributed by atoms with Crippen molar-refractivity contribution >= 4 is 0 Å². The fourth-order valence-corrected chi connectivity index (χ4v) is 1.64. The molecule has 0 amide bonds. The summed E-state index contributed by atoms with van der Waals surface area (Å²) in [6.07, 6.45) is 8.47. The Morgan fingerprint density at radius 3 is 2.67 bits per heavy atom. The highest BCUT2D eigenvalue weighted by Crippen LogP contribution is 2.26. The Morgan fingerprint density at radius 1 is 1.42 bits per heavy atom. The molecule has 0 spiro atoms. The van der Waals surface area contributed by atoms with Crippen LogP contribution in [0.5, 0.6) is 0 Å². The normalized spacial score (nSPS) is 16.9. The van der Waals surface area contributed by atoms with Crippen LogP contribution in [0.2, 0.25) is 0 Å². The van der Waals surface area contributed by atoms with E-state index < -0.39 is 0 Å². The molecule has 0 radical (unpaired) electrons. The first-order valence-electron chi connectivity index (χ1n) is 4.71. The predicted octanol–water partition coefficient (Wildman–Crippen LogP) is 4.01. The van der Waals surface area contributed by atoms with Crippen molar-refractivity contribution < 1.29 is 0 Å². The maximum atomic E-state index is 4.09. The van der Waals surface area contributed by atoms with Crippen molar-refractivity contribution in [3.63, 3.8) is 0 Å². The van der Waals surface area contributed by atoms with Gasteiger partial charge in [0.05, 0.1) is 0 Å². The van der Waals surface area contributed by atoms with Crippen molar-refractivity contribution in [2.24, 2.45) is 0 Å². The van der Waals surface area contributed by atoms with Gasteiger partial charge in [-0.1, -0.05) is 24.8 Å². The Bertz CT molecular complexity index is 218. The van der Waals surface area contributed by atoms with E-state index in [4.69, 9.17) is 0 Å². The molecule has 0 atom stereocenters. The molecule has 0 heterocycles. The Labute approximate surface area is 75.7 Å². The molecule has 12 heavy (non-hydrogen) atoms.